The summed E-state index contributed by atoms with van der Waals surface area (Å²) in [5, 5.41) is 12.1. The van der Waals surface area contributed by atoms with E-state index in [9.17, 15) is 14.9 Å². The van der Waals surface area contributed by atoms with Crippen LogP contribution in [0.2, 0.25) is 0 Å². The maximum atomic E-state index is 12.9. The fourth-order valence-electron chi connectivity index (χ4n) is 2.43. The number of methoxy groups -OCH3 is 1. The number of nitrogens with zero attached hydrogens (tertiary/aromatic N) is 2. The Balaban J connectivity index is 2.66. The molecule has 0 fully saturated rings. The van der Waals surface area contributed by atoms with Gasteiger partial charge < -0.3 is 10.1 Å². The lowest BCUT2D eigenvalue weighted by molar-refractivity contribution is -0.115. The zero-order chi connectivity index (χ0) is 20.5. The highest BCUT2D eigenvalue weighted by molar-refractivity contribution is 9.10. The Morgan fingerprint density at radius 1 is 1.43 bits per heavy atom. The molecule has 1 aromatic heterocycles. The molecule has 0 aliphatic carbocycles. The summed E-state index contributed by atoms with van der Waals surface area (Å²) in [7, 11) is 1.58. The molecular formula is C20H20BrN3O3S. The molecule has 0 saturated heterocycles. The Morgan fingerprint density at radius 3 is 2.75 bits per heavy atom. The van der Waals surface area contributed by atoms with Gasteiger partial charge >= 0.3 is 0 Å². The standard InChI is InChI=1S/C20H20BrN3O3S/c1-3-9-23-18(25)16(13-22)20-24(10-4-11-27-2)19(26)17(28-20)12-14-5-7-15(21)8-6-14/h3,5-8,12H,1,4,9-11H2,2H3,(H,23,25)/b17-12-,20-16-. The SMILES string of the molecule is C=CCNC(=O)/C(C#N)=c1\s/c(=C\c2ccc(Br)cc2)c(=O)n1CCCOC. The van der Waals surface area contributed by atoms with Gasteiger partial charge in [0.05, 0.1) is 4.53 Å². The molecule has 0 bridgehead atoms. The van der Waals surface area contributed by atoms with Crippen LogP contribution in [0.4, 0.5) is 0 Å². The first-order valence-corrected chi connectivity index (χ1v) is 10.1. The number of benzene rings is 1. The number of halogens is 1. The normalized spacial score (nSPS) is 12.4. The summed E-state index contributed by atoms with van der Waals surface area (Å²) in [5.74, 6) is -0.528. The maximum absolute atomic E-state index is 12.9. The number of hydrogen-bond donors (Lipinski definition) is 1. The van der Waals surface area contributed by atoms with E-state index in [1.165, 1.54) is 10.6 Å². The molecule has 2 rings (SSSR count). The molecule has 28 heavy (non-hydrogen) atoms. The maximum Gasteiger partial charge on any atom is 0.269 e. The summed E-state index contributed by atoms with van der Waals surface area (Å²) in [6.07, 6.45) is 3.87. The number of amides is 1. The first kappa shape index (κ1) is 21.8. The molecule has 0 saturated carbocycles. The van der Waals surface area contributed by atoms with Crippen LogP contribution in [0, 0.1) is 11.3 Å². The molecule has 1 N–H and O–H groups in total. The Bertz CT molecular complexity index is 1060. The van der Waals surface area contributed by atoms with Gasteiger partial charge in [-0.3, -0.25) is 14.2 Å². The van der Waals surface area contributed by atoms with E-state index in [1.54, 1.807) is 13.2 Å². The van der Waals surface area contributed by atoms with Crippen LogP contribution in [-0.2, 0) is 16.1 Å². The van der Waals surface area contributed by atoms with E-state index in [1.807, 2.05) is 30.3 Å². The van der Waals surface area contributed by atoms with E-state index in [0.29, 0.717) is 28.8 Å². The minimum Gasteiger partial charge on any atom is -0.385 e. The summed E-state index contributed by atoms with van der Waals surface area (Å²) in [6, 6.07) is 9.46. The second-order valence-corrected chi connectivity index (χ2v) is 7.70. The number of ether oxygens (including phenoxy) is 1. The van der Waals surface area contributed by atoms with Gasteiger partial charge in [0, 0.05) is 31.3 Å². The third kappa shape index (κ3) is 5.52. The molecule has 6 nitrogen and oxygen atoms in total. The molecule has 0 spiro atoms. The molecule has 1 aromatic carbocycles. The lowest BCUT2D eigenvalue weighted by Gasteiger charge is -2.04. The number of rotatable bonds is 8. The molecule has 2 aromatic rings. The Kier molecular flexibility index (Phi) is 8.39. The minimum absolute atomic E-state index is 0.0863. The van der Waals surface area contributed by atoms with Gasteiger partial charge in [-0.25, -0.2) is 0 Å². The molecular weight excluding hydrogens is 442 g/mol. The lowest BCUT2D eigenvalue weighted by Crippen LogP contribution is -2.35. The van der Waals surface area contributed by atoms with Crippen LogP contribution in [0.15, 0.2) is 46.2 Å². The summed E-state index contributed by atoms with van der Waals surface area (Å²) in [6.45, 7) is 4.61. The smallest absolute Gasteiger partial charge is 0.269 e. The van der Waals surface area contributed by atoms with E-state index < -0.39 is 5.91 Å². The molecule has 146 valence electrons. The molecule has 1 amide bonds. The van der Waals surface area contributed by atoms with Crippen molar-refractivity contribution in [3.05, 3.63) is 66.5 Å². The van der Waals surface area contributed by atoms with Crippen molar-refractivity contribution in [3.8, 4) is 6.07 Å². The van der Waals surface area contributed by atoms with Crippen molar-refractivity contribution >= 4 is 44.8 Å². The first-order chi connectivity index (χ1) is 13.5. The van der Waals surface area contributed by atoms with E-state index in [4.69, 9.17) is 4.74 Å². The van der Waals surface area contributed by atoms with Crippen molar-refractivity contribution in [3.63, 3.8) is 0 Å². The number of hydrogen-bond acceptors (Lipinski definition) is 5. The van der Waals surface area contributed by atoms with Crippen molar-refractivity contribution in [2.75, 3.05) is 20.3 Å². The number of nitriles is 1. The Hall–Kier alpha value is -2.47. The van der Waals surface area contributed by atoms with Gasteiger partial charge in [0.1, 0.15) is 10.7 Å². The fraction of sp³-hybridized carbons (Fsp3) is 0.250. The highest BCUT2D eigenvalue weighted by atomic mass is 79.9. The topological polar surface area (TPSA) is 84.1 Å². The van der Waals surface area contributed by atoms with Gasteiger partial charge in [0.25, 0.3) is 11.5 Å². The van der Waals surface area contributed by atoms with Crippen LogP contribution < -0.4 is 20.1 Å². The van der Waals surface area contributed by atoms with Crippen LogP contribution in [0.1, 0.15) is 12.0 Å². The largest absolute Gasteiger partial charge is 0.385 e. The third-order valence-corrected chi connectivity index (χ3v) is 5.42. The van der Waals surface area contributed by atoms with E-state index in [0.717, 1.165) is 21.4 Å². The van der Waals surface area contributed by atoms with Crippen LogP contribution in [-0.4, -0.2) is 30.7 Å². The number of aromatic nitrogens is 1. The van der Waals surface area contributed by atoms with Crippen LogP contribution in [0.25, 0.3) is 11.6 Å². The molecule has 0 unspecified atom stereocenters. The summed E-state index contributed by atoms with van der Waals surface area (Å²) < 4.78 is 8.27. The quantitative estimate of drug-likeness (QED) is 0.476. The average molecular weight is 462 g/mol. The summed E-state index contributed by atoms with van der Waals surface area (Å²) in [5.41, 5.74) is 0.534. The number of thiazole rings is 1. The zero-order valence-electron chi connectivity index (χ0n) is 15.4. The predicted octanol–water partition coefficient (Wildman–Crippen LogP) is 1.51. The Labute approximate surface area is 175 Å². The molecule has 8 heteroatoms. The molecule has 0 aliphatic rings. The predicted molar refractivity (Wildman–Crippen MR) is 114 cm³/mol. The van der Waals surface area contributed by atoms with E-state index in [2.05, 4.69) is 27.8 Å². The van der Waals surface area contributed by atoms with E-state index >= 15 is 0 Å². The van der Waals surface area contributed by atoms with E-state index in [-0.39, 0.29) is 17.7 Å². The van der Waals surface area contributed by atoms with Gasteiger partial charge in [-0.2, -0.15) is 5.26 Å². The van der Waals surface area contributed by atoms with Gasteiger partial charge in [-0.05, 0) is 30.2 Å². The molecule has 0 radical (unpaired) electrons. The molecule has 1 heterocycles. The minimum atomic E-state index is -0.528. The highest BCUT2D eigenvalue weighted by Gasteiger charge is 2.15. The Morgan fingerprint density at radius 2 is 2.14 bits per heavy atom. The second kappa shape index (κ2) is 10.8. The number of carbonyl (C=O) groups is 1. The molecule has 0 aliphatic heterocycles. The summed E-state index contributed by atoms with van der Waals surface area (Å²) in [4.78, 5) is 25.3. The zero-order valence-corrected chi connectivity index (χ0v) is 17.8. The highest BCUT2D eigenvalue weighted by Crippen LogP contribution is 2.10. The monoisotopic (exact) mass is 461 g/mol. The van der Waals surface area contributed by atoms with Gasteiger partial charge in [0.2, 0.25) is 0 Å². The first-order valence-electron chi connectivity index (χ1n) is 8.51. The fourth-order valence-corrected chi connectivity index (χ4v) is 3.82. The van der Waals surface area contributed by atoms with Gasteiger partial charge in [-0.15, -0.1) is 17.9 Å². The second-order valence-electron chi connectivity index (χ2n) is 5.76. The van der Waals surface area contributed by atoms with Crippen molar-refractivity contribution in [1.82, 2.24) is 9.88 Å². The van der Waals surface area contributed by atoms with Crippen molar-refractivity contribution in [2.45, 2.75) is 13.0 Å². The van der Waals surface area contributed by atoms with Crippen molar-refractivity contribution < 1.29 is 9.53 Å². The number of carbonyl (C=O) groups excluding carboxylic acids is 1. The van der Waals surface area contributed by atoms with Crippen molar-refractivity contribution in [2.24, 2.45) is 0 Å². The van der Waals surface area contributed by atoms with Gasteiger partial charge in [0.15, 0.2) is 5.57 Å². The number of nitrogens with one attached hydrogen (secondary N) is 1. The van der Waals surface area contributed by atoms with Crippen LogP contribution in [0.3, 0.4) is 0 Å². The molecule has 0 atom stereocenters. The van der Waals surface area contributed by atoms with Crippen molar-refractivity contribution in [1.29, 1.82) is 5.26 Å². The van der Waals surface area contributed by atoms with Crippen LogP contribution >= 0.6 is 27.3 Å². The van der Waals surface area contributed by atoms with Gasteiger partial charge in [-0.1, -0.05) is 34.1 Å². The third-order valence-electron chi connectivity index (χ3n) is 3.77. The summed E-state index contributed by atoms with van der Waals surface area (Å²) >= 11 is 4.52. The average Bonchev–Trinajstić information content (AvgIpc) is 2.98. The lowest BCUT2D eigenvalue weighted by atomic mass is 10.2. The van der Waals surface area contributed by atoms with Crippen LogP contribution in [0.5, 0.6) is 0 Å².